The van der Waals surface area contributed by atoms with E-state index in [2.05, 4.69) is 34.9 Å². The van der Waals surface area contributed by atoms with E-state index in [4.69, 9.17) is 4.74 Å². The fourth-order valence-corrected chi connectivity index (χ4v) is 5.58. The summed E-state index contributed by atoms with van der Waals surface area (Å²) in [4.78, 5) is 36.7. The van der Waals surface area contributed by atoms with E-state index >= 15 is 0 Å². The van der Waals surface area contributed by atoms with Crippen molar-refractivity contribution >= 4 is 18.0 Å². The van der Waals surface area contributed by atoms with Crippen LogP contribution in [0.3, 0.4) is 0 Å². The standard InChI is InChI=1S/C27H30N2O5/c30-25(29-24(26(31)32)16-6-5-7-16)17-12-13-18(14-17)28-27(33)34-15-23-21-10-3-1-8-19(21)20-9-2-4-11-22(20)23/h1-4,8-11,16-18,23-24H,5-7,12-15H2,(H,28,33)(H,29,30)(H,31,32). The van der Waals surface area contributed by atoms with Gasteiger partial charge < -0.3 is 20.5 Å². The zero-order valence-electron chi connectivity index (χ0n) is 19.0. The van der Waals surface area contributed by atoms with Gasteiger partial charge in [-0.25, -0.2) is 9.59 Å². The third-order valence-electron chi connectivity index (χ3n) is 7.65. The van der Waals surface area contributed by atoms with Gasteiger partial charge in [-0.1, -0.05) is 55.0 Å². The number of rotatable bonds is 7. The Bertz CT molecular complexity index is 1050. The summed E-state index contributed by atoms with van der Waals surface area (Å²) in [5.41, 5.74) is 4.68. The smallest absolute Gasteiger partial charge is 0.407 e. The van der Waals surface area contributed by atoms with Crippen molar-refractivity contribution in [2.24, 2.45) is 11.8 Å². The summed E-state index contributed by atoms with van der Waals surface area (Å²) >= 11 is 0. The topological polar surface area (TPSA) is 105 Å². The van der Waals surface area contributed by atoms with Gasteiger partial charge in [0, 0.05) is 17.9 Å². The van der Waals surface area contributed by atoms with Gasteiger partial charge in [0.25, 0.3) is 0 Å². The first-order valence-electron chi connectivity index (χ1n) is 12.2. The van der Waals surface area contributed by atoms with E-state index in [9.17, 15) is 19.5 Å². The molecular formula is C27H30N2O5. The Morgan fingerprint density at radius 2 is 1.59 bits per heavy atom. The number of aliphatic carboxylic acids is 1. The molecule has 3 atom stereocenters. The number of carbonyl (C=O) groups excluding carboxylic acids is 2. The molecule has 3 aliphatic carbocycles. The molecule has 3 aliphatic rings. The third-order valence-corrected chi connectivity index (χ3v) is 7.65. The van der Waals surface area contributed by atoms with Crippen molar-refractivity contribution in [2.75, 3.05) is 6.61 Å². The molecule has 0 saturated heterocycles. The van der Waals surface area contributed by atoms with Crippen molar-refractivity contribution in [3.63, 3.8) is 0 Å². The summed E-state index contributed by atoms with van der Waals surface area (Å²) < 4.78 is 5.62. The van der Waals surface area contributed by atoms with E-state index < -0.39 is 18.1 Å². The quantitative estimate of drug-likeness (QED) is 0.576. The molecule has 3 unspecified atom stereocenters. The van der Waals surface area contributed by atoms with Crippen LogP contribution in [0, 0.1) is 11.8 Å². The van der Waals surface area contributed by atoms with Crippen molar-refractivity contribution in [3.05, 3.63) is 59.7 Å². The largest absolute Gasteiger partial charge is 0.480 e. The number of alkyl carbamates (subject to hydrolysis) is 1. The van der Waals surface area contributed by atoms with Gasteiger partial charge in [0.1, 0.15) is 12.6 Å². The lowest BCUT2D eigenvalue weighted by atomic mass is 9.79. The molecule has 2 aromatic carbocycles. The second-order valence-corrected chi connectivity index (χ2v) is 9.69. The van der Waals surface area contributed by atoms with Gasteiger partial charge in [-0.3, -0.25) is 4.79 Å². The lowest BCUT2D eigenvalue weighted by molar-refractivity contribution is -0.145. The van der Waals surface area contributed by atoms with Crippen LogP contribution in [-0.4, -0.2) is 41.8 Å². The second kappa shape index (κ2) is 9.49. The average molecular weight is 463 g/mol. The molecule has 0 radical (unpaired) electrons. The van der Waals surface area contributed by atoms with Crippen LogP contribution in [0.5, 0.6) is 0 Å². The Labute approximate surface area is 198 Å². The first-order valence-corrected chi connectivity index (χ1v) is 12.2. The third kappa shape index (κ3) is 4.39. The van der Waals surface area contributed by atoms with E-state index in [0.29, 0.717) is 19.3 Å². The monoisotopic (exact) mass is 462 g/mol. The second-order valence-electron chi connectivity index (χ2n) is 9.69. The van der Waals surface area contributed by atoms with E-state index in [0.717, 1.165) is 30.4 Å². The summed E-state index contributed by atoms with van der Waals surface area (Å²) in [6.07, 6.45) is 4.00. The van der Waals surface area contributed by atoms with Crippen LogP contribution >= 0.6 is 0 Å². The number of carbonyl (C=O) groups is 3. The summed E-state index contributed by atoms with van der Waals surface area (Å²) in [6.45, 7) is 0.248. The minimum atomic E-state index is -0.968. The number of nitrogens with one attached hydrogen (secondary N) is 2. The van der Waals surface area contributed by atoms with Crippen LogP contribution in [0.15, 0.2) is 48.5 Å². The molecule has 2 aromatic rings. The van der Waals surface area contributed by atoms with E-state index in [1.807, 2.05) is 24.3 Å². The van der Waals surface area contributed by atoms with Gasteiger partial charge in [0.05, 0.1) is 0 Å². The molecule has 0 heterocycles. The molecule has 3 N–H and O–H groups in total. The number of hydrogen-bond acceptors (Lipinski definition) is 4. The number of amides is 2. The number of ether oxygens (including phenoxy) is 1. The minimum Gasteiger partial charge on any atom is -0.480 e. The zero-order chi connectivity index (χ0) is 23.7. The first-order chi connectivity index (χ1) is 16.5. The summed E-state index contributed by atoms with van der Waals surface area (Å²) in [5, 5.41) is 15.1. The van der Waals surface area contributed by atoms with Crippen molar-refractivity contribution in [1.82, 2.24) is 10.6 Å². The highest BCUT2D eigenvalue weighted by Gasteiger charge is 2.37. The van der Waals surface area contributed by atoms with Crippen molar-refractivity contribution in [3.8, 4) is 11.1 Å². The van der Waals surface area contributed by atoms with Gasteiger partial charge in [-0.15, -0.1) is 0 Å². The van der Waals surface area contributed by atoms with Crippen LogP contribution in [0.2, 0.25) is 0 Å². The predicted molar refractivity (Wildman–Crippen MR) is 126 cm³/mol. The molecule has 0 bridgehead atoms. The maximum atomic E-state index is 12.7. The highest BCUT2D eigenvalue weighted by Crippen LogP contribution is 2.44. The summed E-state index contributed by atoms with van der Waals surface area (Å²) in [6, 6.07) is 15.4. The Morgan fingerprint density at radius 3 is 2.18 bits per heavy atom. The summed E-state index contributed by atoms with van der Waals surface area (Å²) in [7, 11) is 0. The lowest BCUT2D eigenvalue weighted by Gasteiger charge is -2.32. The van der Waals surface area contributed by atoms with Crippen LogP contribution in [0.4, 0.5) is 4.79 Å². The number of carboxylic acid groups (broad SMARTS) is 1. The number of carboxylic acids is 1. The molecule has 5 rings (SSSR count). The van der Waals surface area contributed by atoms with Gasteiger partial charge >= 0.3 is 12.1 Å². The Kier molecular flexibility index (Phi) is 6.26. The number of fused-ring (bicyclic) bond motifs is 3. The molecule has 178 valence electrons. The first kappa shape index (κ1) is 22.4. The van der Waals surface area contributed by atoms with Crippen molar-refractivity contribution in [2.45, 2.75) is 56.5 Å². The zero-order valence-corrected chi connectivity index (χ0v) is 19.0. The SMILES string of the molecule is O=C(NC1CCC(C(=O)NC(C(=O)O)C2CCC2)C1)OCC1c2ccccc2-c2ccccc21. The van der Waals surface area contributed by atoms with E-state index in [1.54, 1.807) is 0 Å². The van der Waals surface area contributed by atoms with E-state index in [1.165, 1.54) is 11.1 Å². The maximum absolute atomic E-state index is 12.7. The highest BCUT2D eigenvalue weighted by molar-refractivity contribution is 5.85. The highest BCUT2D eigenvalue weighted by atomic mass is 16.5. The fourth-order valence-electron chi connectivity index (χ4n) is 5.58. The molecule has 0 aromatic heterocycles. The maximum Gasteiger partial charge on any atom is 0.407 e. The Balaban J connectivity index is 1.13. The van der Waals surface area contributed by atoms with Gasteiger partial charge in [-0.2, -0.15) is 0 Å². The van der Waals surface area contributed by atoms with Crippen LogP contribution in [0.25, 0.3) is 11.1 Å². The molecule has 7 nitrogen and oxygen atoms in total. The van der Waals surface area contributed by atoms with Crippen LogP contribution < -0.4 is 10.6 Å². The summed E-state index contributed by atoms with van der Waals surface area (Å²) in [5.74, 6) is -1.46. The molecular weight excluding hydrogens is 432 g/mol. The van der Waals surface area contributed by atoms with Gasteiger partial charge in [0.15, 0.2) is 0 Å². The predicted octanol–water partition coefficient (Wildman–Crippen LogP) is 4.06. The van der Waals surface area contributed by atoms with Gasteiger partial charge in [0.2, 0.25) is 5.91 Å². The number of benzene rings is 2. The van der Waals surface area contributed by atoms with Crippen LogP contribution in [0.1, 0.15) is 55.6 Å². The van der Waals surface area contributed by atoms with Crippen LogP contribution in [-0.2, 0) is 14.3 Å². The van der Waals surface area contributed by atoms with Gasteiger partial charge in [-0.05, 0) is 60.3 Å². The average Bonchev–Trinajstić information content (AvgIpc) is 3.39. The molecule has 34 heavy (non-hydrogen) atoms. The molecule has 2 amide bonds. The minimum absolute atomic E-state index is 0.000267. The van der Waals surface area contributed by atoms with Crippen molar-refractivity contribution in [1.29, 1.82) is 0 Å². The molecule has 2 saturated carbocycles. The number of hydrogen-bond donors (Lipinski definition) is 3. The molecule has 7 heteroatoms. The van der Waals surface area contributed by atoms with Crippen molar-refractivity contribution < 1.29 is 24.2 Å². The Morgan fingerprint density at radius 1 is 0.941 bits per heavy atom. The molecule has 0 spiro atoms. The Hall–Kier alpha value is -3.35. The van der Waals surface area contributed by atoms with E-state index in [-0.39, 0.29) is 36.3 Å². The molecule has 2 fully saturated rings. The lowest BCUT2D eigenvalue weighted by Crippen LogP contribution is -2.49. The normalized spacial score (nSPS) is 22.2. The molecule has 0 aliphatic heterocycles. The fraction of sp³-hybridized carbons (Fsp3) is 0.444.